The molecule has 2 aromatic heterocycles. The molecule has 0 aromatic carbocycles. The number of anilines is 2. The van der Waals surface area contributed by atoms with Gasteiger partial charge in [-0.3, -0.25) is 14.1 Å². The lowest BCUT2D eigenvalue weighted by atomic mass is 10.4. The summed E-state index contributed by atoms with van der Waals surface area (Å²) in [5, 5.41) is 7.99. The van der Waals surface area contributed by atoms with Gasteiger partial charge in [0.15, 0.2) is 10.7 Å². The number of hydrogen-bond acceptors (Lipinski definition) is 5. The molecule has 0 aliphatic rings. The number of sulfonamides is 1. The summed E-state index contributed by atoms with van der Waals surface area (Å²) < 4.78 is 30.3. The van der Waals surface area contributed by atoms with Crippen molar-refractivity contribution in [3.63, 3.8) is 0 Å². The van der Waals surface area contributed by atoms with Crippen molar-refractivity contribution in [3.8, 4) is 0 Å². The van der Waals surface area contributed by atoms with Crippen molar-refractivity contribution in [2.45, 2.75) is 31.7 Å². The summed E-state index contributed by atoms with van der Waals surface area (Å²) in [4.78, 5) is -0.00250. The van der Waals surface area contributed by atoms with Crippen molar-refractivity contribution in [2.24, 2.45) is 7.05 Å². The fourth-order valence-electron chi connectivity index (χ4n) is 1.83. The Balaban J connectivity index is 2.35. The van der Waals surface area contributed by atoms with E-state index in [1.807, 2.05) is 13.8 Å². The van der Waals surface area contributed by atoms with E-state index in [1.165, 1.54) is 10.9 Å². The first-order valence-corrected chi connectivity index (χ1v) is 7.56. The Morgan fingerprint density at radius 3 is 2.50 bits per heavy atom. The van der Waals surface area contributed by atoms with Gasteiger partial charge in [-0.2, -0.15) is 10.2 Å². The van der Waals surface area contributed by atoms with Crippen LogP contribution in [0.25, 0.3) is 0 Å². The van der Waals surface area contributed by atoms with E-state index in [4.69, 9.17) is 5.73 Å². The monoisotopic (exact) mass is 298 g/mol. The van der Waals surface area contributed by atoms with Gasteiger partial charge in [0, 0.05) is 19.3 Å². The summed E-state index contributed by atoms with van der Waals surface area (Å²) in [5.41, 5.74) is 6.53. The first kappa shape index (κ1) is 14.4. The van der Waals surface area contributed by atoms with Gasteiger partial charge in [0.1, 0.15) is 0 Å². The van der Waals surface area contributed by atoms with Crippen LogP contribution in [-0.2, 0) is 17.1 Å². The molecule has 0 amide bonds. The van der Waals surface area contributed by atoms with Crippen molar-refractivity contribution in [1.29, 1.82) is 0 Å². The van der Waals surface area contributed by atoms with E-state index in [0.717, 1.165) is 0 Å². The fourth-order valence-corrected chi connectivity index (χ4v) is 3.18. The largest absolute Gasteiger partial charge is 0.381 e. The first-order chi connectivity index (χ1) is 9.22. The Bertz CT molecular complexity index is 728. The van der Waals surface area contributed by atoms with Crippen LogP contribution in [0.5, 0.6) is 0 Å². The molecule has 2 heterocycles. The van der Waals surface area contributed by atoms with Crippen LogP contribution in [0.2, 0.25) is 0 Å². The molecular formula is C11H18N6O2S. The maximum atomic E-state index is 12.4. The minimum atomic E-state index is -3.78. The Labute approximate surface area is 117 Å². The minimum absolute atomic E-state index is 0.00250. The van der Waals surface area contributed by atoms with Gasteiger partial charge in [-0.1, -0.05) is 0 Å². The van der Waals surface area contributed by atoms with Gasteiger partial charge < -0.3 is 5.73 Å². The lowest BCUT2D eigenvalue weighted by Crippen LogP contribution is -2.15. The lowest BCUT2D eigenvalue weighted by molar-refractivity contribution is 0.532. The number of nitrogens with two attached hydrogens (primary N) is 1. The third-order valence-electron chi connectivity index (χ3n) is 2.96. The molecular weight excluding hydrogens is 280 g/mol. The zero-order valence-electron chi connectivity index (χ0n) is 11.8. The standard InChI is InChI=1S/C11H18N6O2S/c1-7(2)17-6-9(5-13-17)15-20(18,19)10-8(3)16(4)14-11(10)12/h5-7,15H,1-4H3,(H2,12,14). The van der Waals surface area contributed by atoms with Crippen molar-refractivity contribution in [2.75, 3.05) is 10.5 Å². The molecule has 110 valence electrons. The van der Waals surface area contributed by atoms with Crippen LogP contribution < -0.4 is 10.5 Å². The van der Waals surface area contributed by atoms with Crippen LogP contribution in [0.3, 0.4) is 0 Å². The molecule has 2 aromatic rings. The molecule has 0 spiro atoms. The molecule has 20 heavy (non-hydrogen) atoms. The van der Waals surface area contributed by atoms with E-state index in [9.17, 15) is 8.42 Å². The van der Waals surface area contributed by atoms with Crippen LogP contribution in [0.1, 0.15) is 25.6 Å². The number of hydrogen-bond donors (Lipinski definition) is 2. The van der Waals surface area contributed by atoms with E-state index < -0.39 is 10.0 Å². The fraction of sp³-hybridized carbons (Fsp3) is 0.455. The Hall–Kier alpha value is -2.03. The Kier molecular flexibility index (Phi) is 3.46. The average Bonchev–Trinajstić information content (AvgIpc) is 2.84. The number of nitrogen functional groups attached to an aromatic ring is 1. The maximum Gasteiger partial charge on any atom is 0.267 e. The van der Waals surface area contributed by atoms with Gasteiger partial charge in [-0.25, -0.2) is 8.42 Å². The molecule has 0 saturated heterocycles. The Morgan fingerprint density at radius 2 is 2.05 bits per heavy atom. The summed E-state index contributed by atoms with van der Waals surface area (Å²) in [6.45, 7) is 5.55. The van der Waals surface area contributed by atoms with Crippen LogP contribution in [0.4, 0.5) is 11.5 Å². The highest BCUT2D eigenvalue weighted by Gasteiger charge is 2.25. The smallest absolute Gasteiger partial charge is 0.267 e. The summed E-state index contributed by atoms with van der Waals surface area (Å²) >= 11 is 0. The quantitative estimate of drug-likeness (QED) is 0.871. The highest BCUT2D eigenvalue weighted by Crippen LogP contribution is 2.24. The van der Waals surface area contributed by atoms with E-state index >= 15 is 0 Å². The van der Waals surface area contributed by atoms with Crippen LogP contribution in [0.15, 0.2) is 17.3 Å². The number of nitrogens with one attached hydrogen (secondary N) is 1. The normalized spacial score (nSPS) is 12.1. The molecule has 0 bridgehead atoms. The zero-order chi connectivity index (χ0) is 15.1. The number of aromatic nitrogens is 4. The third-order valence-corrected chi connectivity index (χ3v) is 4.50. The molecule has 0 unspecified atom stereocenters. The van der Waals surface area contributed by atoms with Crippen LogP contribution in [0, 0.1) is 6.92 Å². The number of aryl methyl sites for hydroxylation is 1. The van der Waals surface area contributed by atoms with Crippen molar-refractivity contribution in [1.82, 2.24) is 19.6 Å². The van der Waals surface area contributed by atoms with Gasteiger partial charge in [-0.15, -0.1) is 0 Å². The van der Waals surface area contributed by atoms with Crippen molar-refractivity contribution >= 4 is 21.5 Å². The Morgan fingerprint density at radius 1 is 1.40 bits per heavy atom. The molecule has 2 rings (SSSR count). The first-order valence-electron chi connectivity index (χ1n) is 6.08. The predicted octanol–water partition coefficient (Wildman–Crippen LogP) is 0.889. The van der Waals surface area contributed by atoms with Crippen LogP contribution >= 0.6 is 0 Å². The molecule has 0 atom stereocenters. The average molecular weight is 298 g/mol. The molecule has 0 radical (unpaired) electrons. The molecule has 0 aliphatic carbocycles. The van der Waals surface area contributed by atoms with Gasteiger partial charge in [-0.05, 0) is 20.8 Å². The number of rotatable bonds is 4. The third kappa shape index (κ3) is 2.48. The second-order valence-electron chi connectivity index (χ2n) is 4.83. The summed E-state index contributed by atoms with van der Waals surface area (Å²) in [6, 6.07) is 0.151. The van der Waals surface area contributed by atoms with Gasteiger partial charge in [0.05, 0.1) is 17.6 Å². The SMILES string of the molecule is Cc1c(S(=O)(=O)Nc2cnn(C(C)C)c2)c(N)nn1C. The van der Waals surface area contributed by atoms with E-state index in [-0.39, 0.29) is 16.8 Å². The van der Waals surface area contributed by atoms with Gasteiger partial charge in [0.25, 0.3) is 10.0 Å². The molecule has 0 fully saturated rings. The van der Waals surface area contributed by atoms with Crippen molar-refractivity contribution < 1.29 is 8.42 Å². The molecule has 3 N–H and O–H groups in total. The minimum Gasteiger partial charge on any atom is -0.381 e. The van der Waals surface area contributed by atoms with E-state index in [0.29, 0.717) is 11.4 Å². The van der Waals surface area contributed by atoms with Crippen molar-refractivity contribution in [3.05, 3.63) is 18.1 Å². The maximum absolute atomic E-state index is 12.4. The van der Waals surface area contributed by atoms with E-state index in [2.05, 4.69) is 14.9 Å². The van der Waals surface area contributed by atoms with E-state index in [1.54, 1.807) is 24.9 Å². The van der Waals surface area contributed by atoms with Gasteiger partial charge >= 0.3 is 0 Å². The summed E-state index contributed by atoms with van der Waals surface area (Å²) in [6.07, 6.45) is 3.09. The summed E-state index contributed by atoms with van der Waals surface area (Å²) in [5.74, 6) is -0.0197. The van der Waals surface area contributed by atoms with Gasteiger partial charge in [0.2, 0.25) is 0 Å². The second-order valence-corrected chi connectivity index (χ2v) is 6.45. The molecule has 8 nitrogen and oxygen atoms in total. The lowest BCUT2D eigenvalue weighted by Gasteiger charge is -2.06. The topological polar surface area (TPSA) is 108 Å². The molecule has 0 saturated carbocycles. The molecule has 9 heteroatoms. The zero-order valence-corrected chi connectivity index (χ0v) is 12.6. The highest BCUT2D eigenvalue weighted by molar-refractivity contribution is 7.93. The summed E-state index contributed by atoms with van der Waals surface area (Å²) in [7, 11) is -2.14. The highest BCUT2D eigenvalue weighted by atomic mass is 32.2. The number of nitrogens with zero attached hydrogens (tertiary/aromatic N) is 4. The second kappa shape index (κ2) is 4.82. The van der Waals surface area contributed by atoms with Crippen LogP contribution in [-0.4, -0.2) is 28.0 Å². The molecule has 0 aliphatic heterocycles. The predicted molar refractivity (Wildman–Crippen MR) is 75.8 cm³/mol.